The highest BCUT2D eigenvalue weighted by molar-refractivity contribution is 6.02. The summed E-state index contributed by atoms with van der Waals surface area (Å²) >= 11 is 0. The lowest BCUT2D eigenvalue weighted by atomic mass is 10.2. The SMILES string of the molecule is CCc1ccc(Oc2ccc(NC(=O)CN(CC(=O)N(C)Cc3ccccc3)C(=O)c3cc4c(F)cccc4[nH]3)cc2)cc1. The van der Waals surface area contributed by atoms with E-state index in [2.05, 4.69) is 17.2 Å². The van der Waals surface area contributed by atoms with E-state index in [1.54, 1.807) is 37.4 Å². The zero-order chi connectivity index (χ0) is 31.1. The number of benzene rings is 4. The van der Waals surface area contributed by atoms with Gasteiger partial charge in [-0.1, -0.05) is 55.5 Å². The Hall–Kier alpha value is -5.44. The highest BCUT2D eigenvalue weighted by Gasteiger charge is 2.25. The van der Waals surface area contributed by atoms with Crippen molar-refractivity contribution in [1.82, 2.24) is 14.8 Å². The van der Waals surface area contributed by atoms with Crippen molar-refractivity contribution in [1.29, 1.82) is 0 Å². The largest absolute Gasteiger partial charge is 0.457 e. The number of halogens is 1. The molecule has 1 aromatic heterocycles. The average Bonchev–Trinajstić information content (AvgIpc) is 3.48. The summed E-state index contributed by atoms with van der Waals surface area (Å²) in [5.41, 5.74) is 3.15. The molecule has 0 atom stereocenters. The number of hydrogen-bond donors (Lipinski definition) is 2. The molecule has 0 bridgehead atoms. The van der Waals surface area contributed by atoms with Crippen LogP contribution in [0.15, 0.2) is 103 Å². The van der Waals surface area contributed by atoms with Crippen LogP contribution >= 0.6 is 0 Å². The number of aryl methyl sites for hydroxylation is 1. The molecule has 0 radical (unpaired) electrons. The molecule has 1 heterocycles. The molecule has 224 valence electrons. The van der Waals surface area contributed by atoms with Gasteiger partial charge in [-0.25, -0.2) is 4.39 Å². The first kappa shape index (κ1) is 30.0. The predicted octanol–water partition coefficient (Wildman–Crippen LogP) is 6.40. The maximum Gasteiger partial charge on any atom is 0.271 e. The van der Waals surface area contributed by atoms with Crippen LogP contribution in [0.2, 0.25) is 0 Å². The molecule has 0 unspecified atom stereocenters. The molecule has 4 aromatic carbocycles. The smallest absolute Gasteiger partial charge is 0.271 e. The predicted molar refractivity (Wildman–Crippen MR) is 168 cm³/mol. The van der Waals surface area contributed by atoms with Crippen molar-refractivity contribution in [2.75, 3.05) is 25.5 Å². The van der Waals surface area contributed by atoms with Gasteiger partial charge in [0, 0.05) is 30.2 Å². The third-order valence-electron chi connectivity index (χ3n) is 7.18. The minimum absolute atomic E-state index is 0.0740. The molecule has 0 aliphatic rings. The van der Waals surface area contributed by atoms with Gasteiger partial charge in [0.05, 0.1) is 0 Å². The fourth-order valence-electron chi connectivity index (χ4n) is 4.74. The first-order chi connectivity index (χ1) is 21.3. The Morgan fingerprint density at radius 3 is 2.16 bits per heavy atom. The molecule has 9 heteroatoms. The fraction of sp³-hybridized carbons (Fsp3) is 0.171. The van der Waals surface area contributed by atoms with E-state index in [-0.39, 0.29) is 23.5 Å². The minimum Gasteiger partial charge on any atom is -0.457 e. The molecule has 5 aromatic rings. The van der Waals surface area contributed by atoms with Crippen LogP contribution in [0.1, 0.15) is 28.5 Å². The Morgan fingerprint density at radius 2 is 1.50 bits per heavy atom. The molecule has 5 rings (SSSR count). The summed E-state index contributed by atoms with van der Waals surface area (Å²) in [4.78, 5) is 45.5. The van der Waals surface area contributed by atoms with E-state index in [4.69, 9.17) is 4.74 Å². The molecule has 0 aliphatic carbocycles. The second-order valence-electron chi connectivity index (χ2n) is 10.5. The second kappa shape index (κ2) is 13.7. The van der Waals surface area contributed by atoms with Crippen molar-refractivity contribution in [3.8, 4) is 11.5 Å². The quantitative estimate of drug-likeness (QED) is 0.186. The van der Waals surface area contributed by atoms with Crippen molar-refractivity contribution in [2.45, 2.75) is 19.9 Å². The van der Waals surface area contributed by atoms with E-state index < -0.39 is 24.2 Å². The van der Waals surface area contributed by atoms with Crippen molar-refractivity contribution >= 4 is 34.3 Å². The molecular formula is C35H33FN4O4. The van der Waals surface area contributed by atoms with Gasteiger partial charge in [0.15, 0.2) is 0 Å². The molecule has 3 amide bonds. The Bertz CT molecular complexity index is 1750. The monoisotopic (exact) mass is 592 g/mol. The van der Waals surface area contributed by atoms with Crippen LogP contribution in [0.4, 0.5) is 10.1 Å². The first-order valence-corrected chi connectivity index (χ1v) is 14.3. The molecule has 0 fully saturated rings. The summed E-state index contributed by atoms with van der Waals surface area (Å²) in [6.07, 6.45) is 0.941. The van der Waals surface area contributed by atoms with Gasteiger partial charge in [0.25, 0.3) is 5.91 Å². The number of ether oxygens (including phenoxy) is 1. The molecule has 0 spiro atoms. The zero-order valence-corrected chi connectivity index (χ0v) is 24.5. The van der Waals surface area contributed by atoms with Crippen LogP contribution in [-0.4, -0.2) is 52.6 Å². The van der Waals surface area contributed by atoms with Crippen molar-refractivity contribution in [2.24, 2.45) is 0 Å². The van der Waals surface area contributed by atoms with Gasteiger partial charge in [0.1, 0.15) is 36.1 Å². The molecule has 0 aliphatic heterocycles. The van der Waals surface area contributed by atoms with E-state index in [9.17, 15) is 18.8 Å². The van der Waals surface area contributed by atoms with Gasteiger partial charge >= 0.3 is 0 Å². The lowest BCUT2D eigenvalue weighted by Gasteiger charge is -2.25. The van der Waals surface area contributed by atoms with Gasteiger partial charge in [-0.15, -0.1) is 0 Å². The standard InChI is InChI=1S/C35H33FN4O4/c1-3-24-12-16-27(17-13-24)44-28-18-14-26(15-19-28)37-33(41)22-40(23-34(42)39(2)21-25-8-5-4-6-9-25)35(43)32-20-29-30(36)10-7-11-31(29)38-32/h4-20,38H,3,21-23H2,1-2H3,(H,37,41). The Kier molecular flexibility index (Phi) is 9.34. The maximum absolute atomic E-state index is 14.3. The Balaban J connectivity index is 1.28. The number of nitrogens with one attached hydrogen (secondary N) is 2. The molecule has 0 saturated heterocycles. The Labute approximate surface area is 255 Å². The molecular weight excluding hydrogens is 559 g/mol. The van der Waals surface area contributed by atoms with Crippen LogP contribution in [0.3, 0.4) is 0 Å². The van der Waals surface area contributed by atoms with Crippen molar-refractivity contribution < 1.29 is 23.5 Å². The fourth-order valence-corrected chi connectivity index (χ4v) is 4.74. The highest BCUT2D eigenvalue weighted by Crippen LogP contribution is 2.24. The van der Waals surface area contributed by atoms with E-state index >= 15 is 0 Å². The summed E-state index contributed by atoms with van der Waals surface area (Å²) in [5, 5.41) is 3.03. The van der Waals surface area contributed by atoms with E-state index in [1.165, 1.54) is 28.7 Å². The van der Waals surface area contributed by atoms with Crippen LogP contribution in [0, 0.1) is 5.82 Å². The van der Waals surface area contributed by atoms with Crippen LogP contribution in [-0.2, 0) is 22.6 Å². The topological polar surface area (TPSA) is 94.7 Å². The van der Waals surface area contributed by atoms with Crippen LogP contribution < -0.4 is 10.1 Å². The maximum atomic E-state index is 14.3. The number of anilines is 1. The van der Waals surface area contributed by atoms with Crippen LogP contribution in [0.5, 0.6) is 11.5 Å². The molecule has 0 saturated carbocycles. The third kappa shape index (κ3) is 7.49. The number of rotatable bonds is 11. The van der Waals surface area contributed by atoms with Gasteiger partial charge in [-0.3, -0.25) is 14.4 Å². The number of fused-ring (bicyclic) bond motifs is 1. The summed E-state index contributed by atoms with van der Waals surface area (Å²) in [7, 11) is 1.64. The van der Waals surface area contributed by atoms with Crippen LogP contribution in [0.25, 0.3) is 10.9 Å². The summed E-state index contributed by atoms with van der Waals surface area (Å²) in [6.45, 7) is 1.67. The lowest BCUT2D eigenvalue weighted by molar-refractivity contribution is -0.131. The number of aromatic amines is 1. The first-order valence-electron chi connectivity index (χ1n) is 14.3. The number of H-pyrrole nitrogens is 1. The normalized spacial score (nSPS) is 10.8. The van der Waals surface area contributed by atoms with Gasteiger partial charge in [0.2, 0.25) is 11.8 Å². The molecule has 8 nitrogen and oxygen atoms in total. The Morgan fingerprint density at radius 1 is 0.818 bits per heavy atom. The third-order valence-corrected chi connectivity index (χ3v) is 7.18. The number of carbonyl (C=O) groups excluding carboxylic acids is 3. The van der Waals surface area contributed by atoms with E-state index in [1.807, 2.05) is 54.6 Å². The van der Waals surface area contributed by atoms with Gasteiger partial charge in [-0.2, -0.15) is 0 Å². The summed E-state index contributed by atoms with van der Waals surface area (Å²) in [5.74, 6) is -0.635. The lowest BCUT2D eigenvalue weighted by Crippen LogP contribution is -2.44. The number of aromatic nitrogens is 1. The number of carbonyl (C=O) groups is 3. The number of likely N-dealkylation sites (N-methyl/N-ethyl adjacent to an activating group) is 1. The summed E-state index contributed by atoms with van der Waals surface area (Å²) < 4.78 is 20.2. The van der Waals surface area contributed by atoms with Crippen molar-refractivity contribution in [3.63, 3.8) is 0 Å². The number of amides is 3. The van der Waals surface area contributed by atoms with E-state index in [0.717, 1.165) is 16.9 Å². The van der Waals surface area contributed by atoms with Crippen molar-refractivity contribution in [3.05, 3.63) is 126 Å². The van der Waals surface area contributed by atoms with Gasteiger partial charge in [-0.05, 0) is 72.1 Å². The molecule has 44 heavy (non-hydrogen) atoms. The zero-order valence-electron chi connectivity index (χ0n) is 24.5. The average molecular weight is 593 g/mol. The van der Waals surface area contributed by atoms with Gasteiger partial charge < -0.3 is 24.8 Å². The minimum atomic E-state index is -0.602. The molecule has 2 N–H and O–H groups in total. The highest BCUT2D eigenvalue weighted by atomic mass is 19.1. The second-order valence-corrected chi connectivity index (χ2v) is 10.5. The van der Waals surface area contributed by atoms with E-state index in [0.29, 0.717) is 29.2 Å². The number of hydrogen-bond acceptors (Lipinski definition) is 4. The number of nitrogens with zero attached hydrogens (tertiary/aromatic N) is 2. The summed E-state index contributed by atoms with van der Waals surface area (Å²) in [6, 6.07) is 30.0.